The SMILES string of the molecule is O=C1OC(c2ccccc2)=N/C1=C/c1ccc(F)c(F)c1. The highest BCUT2D eigenvalue weighted by Crippen LogP contribution is 2.19. The van der Waals surface area contributed by atoms with Gasteiger partial charge in [-0.05, 0) is 35.9 Å². The van der Waals surface area contributed by atoms with E-state index in [1.54, 1.807) is 24.3 Å². The normalized spacial score (nSPS) is 16.0. The number of esters is 1. The van der Waals surface area contributed by atoms with E-state index in [4.69, 9.17) is 4.74 Å². The average Bonchev–Trinajstić information content (AvgIpc) is 2.85. The second-order valence-electron chi connectivity index (χ2n) is 4.38. The molecule has 2 aromatic rings. The molecule has 3 rings (SSSR count). The molecule has 0 N–H and O–H groups in total. The first-order valence-electron chi connectivity index (χ1n) is 6.16. The molecule has 0 atom stereocenters. The molecule has 0 aromatic heterocycles. The van der Waals surface area contributed by atoms with Crippen LogP contribution in [0.3, 0.4) is 0 Å². The minimum Gasteiger partial charge on any atom is -0.402 e. The average molecular weight is 285 g/mol. The largest absolute Gasteiger partial charge is 0.402 e. The zero-order valence-corrected chi connectivity index (χ0v) is 10.7. The summed E-state index contributed by atoms with van der Waals surface area (Å²) in [4.78, 5) is 15.8. The molecular weight excluding hydrogens is 276 g/mol. The summed E-state index contributed by atoms with van der Waals surface area (Å²) in [7, 11) is 0. The number of hydrogen-bond donors (Lipinski definition) is 0. The molecule has 0 saturated heterocycles. The molecule has 0 amide bonds. The van der Waals surface area contributed by atoms with Gasteiger partial charge in [0.2, 0.25) is 5.90 Å². The van der Waals surface area contributed by atoms with Gasteiger partial charge in [0.25, 0.3) is 0 Å². The molecule has 1 aliphatic heterocycles. The first kappa shape index (κ1) is 13.2. The molecule has 0 bridgehead atoms. The van der Waals surface area contributed by atoms with E-state index in [0.717, 1.165) is 12.1 Å². The molecule has 0 fully saturated rings. The lowest BCUT2D eigenvalue weighted by molar-refractivity contribution is -0.129. The third kappa shape index (κ3) is 2.72. The van der Waals surface area contributed by atoms with E-state index in [2.05, 4.69) is 4.99 Å². The van der Waals surface area contributed by atoms with Gasteiger partial charge in [0.1, 0.15) is 0 Å². The monoisotopic (exact) mass is 285 g/mol. The van der Waals surface area contributed by atoms with Gasteiger partial charge in [0, 0.05) is 5.56 Å². The number of cyclic esters (lactones) is 1. The molecule has 0 spiro atoms. The Bertz CT molecular complexity index is 767. The maximum absolute atomic E-state index is 13.1. The van der Waals surface area contributed by atoms with Gasteiger partial charge in [-0.1, -0.05) is 24.3 Å². The predicted octanol–water partition coefficient (Wildman–Crippen LogP) is 3.31. The van der Waals surface area contributed by atoms with Crippen LogP contribution in [0.5, 0.6) is 0 Å². The molecule has 0 saturated carbocycles. The first-order valence-corrected chi connectivity index (χ1v) is 6.16. The topological polar surface area (TPSA) is 38.7 Å². The van der Waals surface area contributed by atoms with Crippen LogP contribution in [0, 0.1) is 11.6 Å². The fourth-order valence-corrected chi connectivity index (χ4v) is 1.87. The van der Waals surface area contributed by atoms with Gasteiger partial charge in [0.05, 0.1) is 0 Å². The molecule has 0 radical (unpaired) electrons. The van der Waals surface area contributed by atoms with Crippen molar-refractivity contribution in [2.75, 3.05) is 0 Å². The number of aliphatic imine (C=N–C) groups is 1. The second kappa shape index (κ2) is 5.28. The Kier molecular flexibility index (Phi) is 3.31. The van der Waals surface area contributed by atoms with Crippen LogP contribution in [0.1, 0.15) is 11.1 Å². The van der Waals surface area contributed by atoms with Gasteiger partial charge in [-0.15, -0.1) is 0 Å². The number of halogens is 2. The van der Waals surface area contributed by atoms with E-state index in [9.17, 15) is 13.6 Å². The van der Waals surface area contributed by atoms with Gasteiger partial charge >= 0.3 is 5.97 Å². The van der Waals surface area contributed by atoms with E-state index >= 15 is 0 Å². The van der Waals surface area contributed by atoms with E-state index in [-0.39, 0.29) is 11.6 Å². The summed E-state index contributed by atoms with van der Waals surface area (Å²) in [6.45, 7) is 0. The number of benzene rings is 2. The maximum Gasteiger partial charge on any atom is 0.363 e. The summed E-state index contributed by atoms with van der Waals surface area (Å²) < 4.78 is 31.1. The molecule has 2 aromatic carbocycles. The molecule has 1 heterocycles. The fourth-order valence-electron chi connectivity index (χ4n) is 1.87. The molecule has 104 valence electrons. The van der Waals surface area contributed by atoms with E-state index in [0.29, 0.717) is 11.1 Å². The van der Waals surface area contributed by atoms with Crippen LogP contribution in [0.15, 0.2) is 59.2 Å². The van der Waals surface area contributed by atoms with Crippen LogP contribution in [0.2, 0.25) is 0 Å². The van der Waals surface area contributed by atoms with Crippen LogP contribution >= 0.6 is 0 Å². The Morgan fingerprint density at radius 3 is 2.48 bits per heavy atom. The van der Waals surface area contributed by atoms with Crippen LogP contribution in [0.25, 0.3) is 6.08 Å². The van der Waals surface area contributed by atoms with E-state index in [1.807, 2.05) is 6.07 Å². The number of carbonyl (C=O) groups is 1. The number of nitrogens with zero attached hydrogens (tertiary/aromatic N) is 1. The molecule has 21 heavy (non-hydrogen) atoms. The lowest BCUT2D eigenvalue weighted by Crippen LogP contribution is -2.04. The number of carbonyl (C=O) groups excluding carboxylic acids is 1. The molecular formula is C16H9F2NO2. The third-order valence-corrected chi connectivity index (χ3v) is 2.89. The summed E-state index contributed by atoms with van der Waals surface area (Å²) in [5, 5.41) is 0. The second-order valence-corrected chi connectivity index (χ2v) is 4.38. The Balaban J connectivity index is 1.95. The van der Waals surface area contributed by atoms with Crippen molar-refractivity contribution in [2.45, 2.75) is 0 Å². The van der Waals surface area contributed by atoms with Gasteiger partial charge in [0.15, 0.2) is 17.3 Å². The van der Waals surface area contributed by atoms with Gasteiger partial charge < -0.3 is 4.74 Å². The van der Waals surface area contributed by atoms with Crippen molar-refractivity contribution >= 4 is 17.9 Å². The quantitative estimate of drug-likeness (QED) is 0.627. The van der Waals surface area contributed by atoms with Crippen molar-refractivity contribution in [1.82, 2.24) is 0 Å². The van der Waals surface area contributed by atoms with Gasteiger partial charge in [-0.25, -0.2) is 18.6 Å². The Morgan fingerprint density at radius 2 is 1.76 bits per heavy atom. The maximum atomic E-state index is 13.1. The van der Waals surface area contributed by atoms with Crippen LogP contribution in [-0.2, 0) is 9.53 Å². The first-order chi connectivity index (χ1) is 10.1. The van der Waals surface area contributed by atoms with Gasteiger partial charge in [-0.3, -0.25) is 0 Å². The number of rotatable bonds is 2. The van der Waals surface area contributed by atoms with Crippen LogP contribution < -0.4 is 0 Å². The smallest absolute Gasteiger partial charge is 0.363 e. The van der Waals surface area contributed by atoms with E-state index < -0.39 is 17.6 Å². The van der Waals surface area contributed by atoms with Crippen molar-refractivity contribution in [3.63, 3.8) is 0 Å². The number of ether oxygens (including phenoxy) is 1. The fraction of sp³-hybridized carbons (Fsp3) is 0. The third-order valence-electron chi connectivity index (χ3n) is 2.89. The molecule has 0 aliphatic carbocycles. The highest BCUT2D eigenvalue weighted by molar-refractivity contribution is 6.12. The Hall–Kier alpha value is -2.82. The van der Waals surface area contributed by atoms with Crippen LogP contribution in [0.4, 0.5) is 8.78 Å². The summed E-state index contributed by atoms with van der Waals surface area (Å²) in [5.41, 5.74) is 1.04. The van der Waals surface area contributed by atoms with Gasteiger partial charge in [-0.2, -0.15) is 0 Å². The minimum absolute atomic E-state index is 0.0415. The Labute approximate surface area is 119 Å². The Morgan fingerprint density at radius 1 is 1.00 bits per heavy atom. The van der Waals surface area contributed by atoms with E-state index in [1.165, 1.54) is 12.1 Å². The molecule has 5 heteroatoms. The molecule has 0 unspecified atom stereocenters. The van der Waals surface area contributed by atoms with Crippen molar-refractivity contribution < 1.29 is 18.3 Å². The minimum atomic E-state index is -0.983. The number of hydrogen-bond acceptors (Lipinski definition) is 3. The standard InChI is InChI=1S/C16H9F2NO2/c17-12-7-6-10(8-13(12)18)9-14-16(20)21-15(19-14)11-4-2-1-3-5-11/h1-9H/b14-9+. The summed E-state index contributed by atoms with van der Waals surface area (Å²) >= 11 is 0. The van der Waals surface area contributed by atoms with Crippen molar-refractivity contribution in [1.29, 1.82) is 0 Å². The zero-order valence-electron chi connectivity index (χ0n) is 10.7. The lowest BCUT2D eigenvalue weighted by Gasteiger charge is -1.97. The highest BCUT2D eigenvalue weighted by Gasteiger charge is 2.23. The van der Waals surface area contributed by atoms with Crippen molar-refractivity contribution in [2.24, 2.45) is 4.99 Å². The predicted molar refractivity (Wildman–Crippen MR) is 73.4 cm³/mol. The molecule has 3 nitrogen and oxygen atoms in total. The zero-order chi connectivity index (χ0) is 14.8. The summed E-state index contributed by atoms with van der Waals surface area (Å²) in [6.07, 6.45) is 1.35. The van der Waals surface area contributed by atoms with Crippen molar-refractivity contribution in [3.05, 3.63) is 77.0 Å². The molecule has 1 aliphatic rings. The highest BCUT2D eigenvalue weighted by atomic mass is 19.2. The van der Waals surface area contributed by atoms with Crippen molar-refractivity contribution in [3.8, 4) is 0 Å². The lowest BCUT2D eigenvalue weighted by atomic mass is 10.2. The summed E-state index contributed by atoms with van der Waals surface area (Å²) in [5.74, 6) is -2.37. The van der Waals surface area contributed by atoms with Crippen LogP contribution in [-0.4, -0.2) is 11.9 Å². The summed E-state index contributed by atoms with van der Waals surface area (Å²) in [6, 6.07) is 12.3.